The summed E-state index contributed by atoms with van der Waals surface area (Å²) in [5.41, 5.74) is 4.98. The first kappa shape index (κ1) is 18.1. The van der Waals surface area contributed by atoms with Crippen molar-refractivity contribution in [2.24, 2.45) is 5.10 Å². The number of hydrogen-bond acceptors (Lipinski definition) is 4. The summed E-state index contributed by atoms with van der Waals surface area (Å²) in [6.45, 7) is 0. The third kappa shape index (κ3) is 3.84. The maximum atomic E-state index is 12.2. The topological polar surface area (TPSA) is 68.8 Å². The summed E-state index contributed by atoms with van der Waals surface area (Å²) in [7, 11) is 1.64. The van der Waals surface area contributed by atoms with Crippen LogP contribution in [0.3, 0.4) is 0 Å². The van der Waals surface area contributed by atoms with Crippen LogP contribution in [0.2, 0.25) is 0 Å². The Hall–Kier alpha value is -3.32. The Balaban J connectivity index is 1.42. The van der Waals surface area contributed by atoms with Gasteiger partial charge in [-0.1, -0.05) is 15.9 Å². The Bertz CT molecular complexity index is 1160. The van der Waals surface area contributed by atoms with Crippen LogP contribution >= 0.6 is 15.9 Å². The lowest BCUT2D eigenvalue weighted by Crippen LogP contribution is -2.16. The molecule has 0 atom stereocenters. The van der Waals surface area contributed by atoms with Crippen molar-refractivity contribution in [2.75, 3.05) is 7.11 Å². The van der Waals surface area contributed by atoms with E-state index in [1.807, 2.05) is 59.4 Å². The van der Waals surface area contributed by atoms with E-state index in [0.717, 1.165) is 26.9 Å². The van der Waals surface area contributed by atoms with Crippen molar-refractivity contribution in [3.05, 3.63) is 82.8 Å². The van der Waals surface area contributed by atoms with E-state index in [9.17, 15) is 4.79 Å². The van der Waals surface area contributed by atoms with Gasteiger partial charge in [-0.25, -0.2) is 5.43 Å². The quantitative estimate of drug-likeness (QED) is 0.361. The fourth-order valence-electron chi connectivity index (χ4n) is 2.75. The van der Waals surface area contributed by atoms with Crippen LogP contribution in [0, 0.1) is 0 Å². The minimum Gasteiger partial charge on any atom is -0.497 e. The normalized spacial score (nSPS) is 11.2. The van der Waals surface area contributed by atoms with Crippen LogP contribution in [0.15, 0.2) is 81.0 Å². The predicted molar refractivity (Wildman–Crippen MR) is 111 cm³/mol. The number of hydrogen-bond donors (Lipinski definition) is 1. The molecular formula is C21H16BrN3O3. The van der Waals surface area contributed by atoms with Crippen molar-refractivity contribution in [1.82, 2.24) is 9.99 Å². The molecule has 6 nitrogen and oxygen atoms in total. The summed E-state index contributed by atoms with van der Waals surface area (Å²) in [6.07, 6.45) is 5.41. The molecule has 0 unspecified atom stereocenters. The fraction of sp³-hybridized carbons (Fsp3) is 0.0476. The molecule has 0 aliphatic heterocycles. The molecule has 1 N–H and O–H groups in total. The molecule has 2 heterocycles. The molecule has 1 amide bonds. The Morgan fingerprint density at radius 1 is 1.18 bits per heavy atom. The van der Waals surface area contributed by atoms with Gasteiger partial charge in [0.15, 0.2) is 5.76 Å². The van der Waals surface area contributed by atoms with Crippen molar-refractivity contribution in [3.63, 3.8) is 0 Å². The molecule has 0 spiro atoms. The Kier molecular flexibility index (Phi) is 4.99. The van der Waals surface area contributed by atoms with E-state index < -0.39 is 5.91 Å². The van der Waals surface area contributed by atoms with Crippen LogP contribution in [0.1, 0.15) is 16.1 Å². The van der Waals surface area contributed by atoms with E-state index in [2.05, 4.69) is 26.5 Å². The molecule has 0 radical (unpaired) electrons. The SMILES string of the molecule is COc1ccc(-n2ccc(/C=N/NC(=O)c3cc4cc(Br)ccc4o3)c2)cc1. The number of nitrogens with one attached hydrogen (secondary N) is 1. The van der Waals surface area contributed by atoms with Crippen molar-refractivity contribution in [2.45, 2.75) is 0 Å². The molecule has 7 heteroatoms. The first-order valence-corrected chi connectivity index (χ1v) is 9.26. The van der Waals surface area contributed by atoms with Gasteiger partial charge in [0.05, 0.1) is 13.3 Å². The lowest BCUT2D eigenvalue weighted by atomic mass is 10.2. The highest BCUT2D eigenvalue weighted by Crippen LogP contribution is 2.23. The van der Waals surface area contributed by atoms with E-state index >= 15 is 0 Å². The van der Waals surface area contributed by atoms with Crippen molar-refractivity contribution in [3.8, 4) is 11.4 Å². The number of aromatic nitrogens is 1. The zero-order chi connectivity index (χ0) is 19.5. The number of fused-ring (bicyclic) bond motifs is 1. The molecule has 4 aromatic rings. The molecule has 0 aliphatic carbocycles. The number of nitrogens with zero attached hydrogens (tertiary/aromatic N) is 2. The van der Waals surface area contributed by atoms with Crippen LogP contribution in [-0.4, -0.2) is 23.8 Å². The minimum atomic E-state index is -0.404. The van der Waals surface area contributed by atoms with Crippen LogP contribution < -0.4 is 10.2 Å². The van der Waals surface area contributed by atoms with Gasteiger partial charge in [0.25, 0.3) is 0 Å². The average Bonchev–Trinajstić information content (AvgIpc) is 3.34. The zero-order valence-corrected chi connectivity index (χ0v) is 16.5. The standard InChI is InChI=1S/C21H16BrN3O3/c1-27-18-5-3-17(4-6-18)25-9-8-14(13-25)12-23-24-21(26)20-11-15-10-16(22)2-7-19(15)28-20/h2-13H,1H3,(H,24,26)/b23-12+. The number of carbonyl (C=O) groups excluding carboxylic acids is 1. The van der Waals surface area contributed by atoms with Gasteiger partial charge in [0.2, 0.25) is 0 Å². The smallest absolute Gasteiger partial charge is 0.307 e. The second kappa shape index (κ2) is 7.74. The summed E-state index contributed by atoms with van der Waals surface area (Å²) < 4.78 is 13.6. The van der Waals surface area contributed by atoms with E-state index in [-0.39, 0.29) is 5.76 Å². The number of furan rings is 1. The largest absolute Gasteiger partial charge is 0.497 e. The molecular weight excluding hydrogens is 422 g/mol. The van der Waals surface area contributed by atoms with Gasteiger partial charge in [0.1, 0.15) is 11.3 Å². The number of benzene rings is 2. The average molecular weight is 438 g/mol. The van der Waals surface area contributed by atoms with E-state index in [4.69, 9.17) is 9.15 Å². The predicted octanol–water partition coefficient (Wildman–Crippen LogP) is 4.76. The summed E-state index contributed by atoms with van der Waals surface area (Å²) in [4.78, 5) is 12.2. The maximum absolute atomic E-state index is 12.2. The zero-order valence-electron chi connectivity index (χ0n) is 14.9. The second-order valence-corrected chi connectivity index (χ2v) is 6.96. The van der Waals surface area contributed by atoms with Crippen LogP contribution in [0.5, 0.6) is 5.75 Å². The molecule has 0 saturated heterocycles. The van der Waals surface area contributed by atoms with Gasteiger partial charge >= 0.3 is 5.91 Å². The second-order valence-electron chi connectivity index (χ2n) is 6.04. The van der Waals surface area contributed by atoms with Crippen LogP contribution in [0.4, 0.5) is 0 Å². The molecule has 2 aromatic carbocycles. The third-order valence-electron chi connectivity index (χ3n) is 4.17. The highest BCUT2D eigenvalue weighted by molar-refractivity contribution is 9.10. The lowest BCUT2D eigenvalue weighted by molar-refractivity contribution is 0.0929. The number of ether oxygens (including phenoxy) is 1. The van der Waals surface area contributed by atoms with Gasteiger partial charge < -0.3 is 13.7 Å². The Labute approximate surface area is 169 Å². The van der Waals surface area contributed by atoms with Crippen molar-refractivity contribution >= 4 is 39.0 Å². The number of methoxy groups -OCH3 is 1. The Morgan fingerprint density at radius 3 is 2.79 bits per heavy atom. The minimum absolute atomic E-state index is 0.209. The van der Waals surface area contributed by atoms with Gasteiger partial charge in [-0.3, -0.25) is 4.79 Å². The summed E-state index contributed by atoms with van der Waals surface area (Å²) >= 11 is 3.40. The monoisotopic (exact) mass is 437 g/mol. The van der Waals surface area contributed by atoms with E-state index in [1.165, 1.54) is 0 Å². The molecule has 0 fully saturated rings. The van der Waals surface area contributed by atoms with Crippen LogP contribution in [-0.2, 0) is 0 Å². The lowest BCUT2D eigenvalue weighted by Gasteiger charge is -2.04. The number of carbonyl (C=O) groups is 1. The first-order chi connectivity index (χ1) is 13.6. The Morgan fingerprint density at radius 2 is 2.00 bits per heavy atom. The fourth-order valence-corrected chi connectivity index (χ4v) is 3.13. The number of rotatable bonds is 5. The van der Waals surface area contributed by atoms with Gasteiger partial charge in [0, 0.05) is 33.5 Å². The summed E-state index contributed by atoms with van der Waals surface area (Å²) in [6, 6.07) is 16.9. The van der Waals surface area contributed by atoms with Crippen molar-refractivity contribution in [1.29, 1.82) is 0 Å². The number of halogens is 1. The van der Waals surface area contributed by atoms with Crippen LogP contribution in [0.25, 0.3) is 16.7 Å². The first-order valence-electron chi connectivity index (χ1n) is 8.47. The van der Waals surface area contributed by atoms with Gasteiger partial charge in [-0.2, -0.15) is 5.10 Å². The maximum Gasteiger partial charge on any atom is 0.307 e. The summed E-state index contributed by atoms with van der Waals surface area (Å²) in [5, 5.41) is 4.86. The van der Waals surface area contributed by atoms with E-state index in [0.29, 0.717) is 5.58 Å². The molecule has 4 rings (SSSR count). The number of amides is 1. The molecule has 0 bridgehead atoms. The molecule has 2 aromatic heterocycles. The molecule has 28 heavy (non-hydrogen) atoms. The van der Waals surface area contributed by atoms with Gasteiger partial charge in [-0.15, -0.1) is 0 Å². The number of hydrazone groups is 1. The third-order valence-corrected chi connectivity index (χ3v) is 4.66. The highest BCUT2D eigenvalue weighted by atomic mass is 79.9. The summed E-state index contributed by atoms with van der Waals surface area (Å²) in [5.74, 6) is 0.609. The highest BCUT2D eigenvalue weighted by Gasteiger charge is 2.11. The van der Waals surface area contributed by atoms with Gasteiger partial charge in [-0.05, 0) is 54.6 Å². The molecule has 0 saturated carbocycles. The van der Waals surface area contributed by atoms with E-state index in [1.54, 1.807) is 25.5 Å². The molecule has 0 aliphatic rings. The van der Waals surface area contributed by atoms with Crippen molar-refractivity contribution < 1.29 is 13.9 Å². The molecule has 140 valence electrons.